The summed E-state index contributed by atoms with van der Waals surface area (Å²) in [6.07, 6.45) is 0. The smallest absolute Gasteiger partial charge is 0.171 e. The first-order valence-corrected chi connectivity index (χ1v) is 10.4. The summed E-state index contributed by atoms with van der Waals surface area (Å²) in [6.45, 7) is 2.00. The Morgan fingerprint density at radius 1 is 0.630 bits per heavy atom. The third kappa shape index (κ3) is 5.21. The van der Waals surface area contributed by atoms with Gasteiger partial charge in [-0.2, -0.15) is 0 Å². The lowest BCUT2D eigenvalue weighted by Crippen LogP contribution is -2.30. The van der Waals surface area contributed by atoms with E-state index in [1.54, 1.807) is 0 Å². The van der Waals surface area contributed by atoms with Crippen molar-refractivity contribution in [2.24, 2.45) is 0 Å². The third-order valence-corrected chi connectivity index (χ3v) is 6.70. The molecule has 0 saturated carbocycles. The molecule has 0 saturated heterocycles. The van der Waals surface area contributed by atoms with Crippen LogP contribution >= 0.6 is 0 Å². The molecule has 3 aromatic carbocycles. The number of benzene rings is 3. The fourth-order valence-electron chi connectivity index (χ4n) is 3.13. The highest BCUT2D eigenvalue weighted by Gasteiger charge is 2.31. The lowest BCUT2D eigenvalue weighted by atomic mass is 10.2. The number of aliphatic hydroxyl groups excluding tert-OH is 2. The van der Waals surface area contributed by atoms with Crippen LogP contribution in [0, 0.1) is 0 Å². The van der Waals surface area contributed by atoms with Gasteiger partial charge in [-0.15, -0.1) is 0 Å². The zero-order valence-electron chi connectivity index (χ0n) is 15.4. The molecule has 0 aliphatic carbocycles. The molecule has 0 bridgehead atoms. The van der Waals surface area contributed by atoms with E-state index < -0.39 is 0 Å². The highest BCUT2D eigenvalue weighted by molar-refractivity contribution is 7.97. The molecule has 0 radical (unpaired) electrons. The van der Waals surface area contributed by atoms with Crippen molar-refractivity contribution < 1.29 is 10.2 Å². The number of aliphatic hydroxyl groups is 2. The molecule has 0 aliphatic heterocycles. The predicted octanol–water partition coefficient (Wildman–Crippen LogP) is 3.57. The first-order valence-electron chi connectivity index (χ1n) is 9.20. The van der Waals surface area contributed by atoms with E-state index in [2.05, 4.69) is 77.7 Å². The monoisotopic (exact) mass is 380 g/mol. The lowest BCUT2D eigenvalue weighted by Gasteiger charge is -2.21. The van der Waals surface area contributed by atoms with E-state index in [1.165, 1.54) is 20.2 Å². The average molecular weight is 381 g/mol. The minimum atomic E-state index is -0.202. The van der Waals surface area contributed by atoms with Crippen LogP contribution in [-0.2, 0) is 17.4 Å². The molecule has 0 aromatic heterocycles. The Kier molecular flexibility index (Phi) is 7.48. The summed E-state index contributed by atoms with van der Waals surface area (Å²) in [5.74, 6) is 0. The molecule has 27 heavy (non-hydrogen) atoms. The van der Waals surface area contributed by atoms with Crippen LogP contribution in [0.3, 0.4) is 0 Å². The molecule has 3 aromatic rings. The summed E-state index contributed by atoms with van der Waals surface area (Å²) < 4.78 is 0. The predicted molar refractivity (Wildman–Crippen MR) is 111 cm³/mol. The zero-order chi connectivity index (χ0) is 18.9. The van der Waals surface area contributed by atoms with E-state index in [4.69, 9.17) is 0 Å². The summed E-state index contributed by atoms with van der Waals surface area (Å²) in [5, 5.41) is 18.7. The minimum Gasteiger partial charge on any atom is -0.395 e. The number of rotatable bonds is 9. The summed E-state index contributed by atoms with van der Waals surface area (Å²) in [7, 11) is -0.202. The molecular formula is C23H26NO2S+. The van der Waals surface area contributed by atoms with Gasteiger partial charge in [0.05, 0.1) is 24.1 Å². The van der Waals surface area contributed by atoms with Gasteiger partial charge in [0.15, 0.2) is 14.7 Å². The van der Waals surface area contributed by atoms with E-state index in [9.17, 15) is 10.2 Å². The Hall–Kier alpha value is -2.11. The summed E-state index contributed by atoms with van der Waals surface area (Å²) in [6, 6.07) is 29.7. The average Bonchev–Trinajstić information content (AvgIpc) is 2.71. The summed E-state index contributed by atoms with van der Waals surface area (Å²) in [5.41, 5.74) is 1.23. The quantitative estimate of drug-likeness (QED) is 0.558. The number of nitrogens with zero attached hydrogens (tertiary/aromatic N) is 1. The zero-order valence-corrected chi connectivity index (χ0v) is 16.2. The van der Waals surface area contributed by atoms with Gasteiger partial charge in [-0.1, -0.05) is 54.6 Å². The molecule has 2 N–H and O–H groups in total. The molecule has 0 atom stereocenters. The molecule has 0 spiro atoms. The van der Waals surface area contributed by atoms with Crippen molar-refractivity contribution in [2.75, 3.05) is 26.3 Å². The maximum Gasteiger partial charge on any atom is 0.171 e. The van der Waals surface area contributed by atoms with Gasteiger partial charge in [0, 0.05) is 25.2 Å². The van der Waals surface area contributed by atoms with E-state index >= 15 is 0 Å². The molecule has 0 fully saturated rings. The molecule has 0 amide bonds. The summed E-state index contributed by atoms with van der Waals surface area (Å²) >= 11 is 0. The second-order valence-corrected chi connectivity index (χ2v) is 8.26. The van der Waals surface area contributed by atoms with Crippen molar-refractivity contribution >= 4 is 10.9 Å². The molecule has 0 heterocycles. The maximum atomic E-state index is 9.35. The first kappa shape index (κ1) is 19.6. The van der Waals surface area contributed by atoms with Crippen LogP contribution in [0.1, 0.15) is 5.56 Å². The van der Waals surface area contributed by atoms with E-state index in [-0.39, 0.29) is 24.1 Å². The fourth-order valence-corrected chi connectivity index (χ4v) is 5.38. The van der Waals surface area contributed by atoms with Crippen LogP contribution in [0.2, 0.25) is 0 Å². The molecule has 140 valence electrons. The van der Waals surface area contributed by atoms with Gasteiger partial charge in [0.25, 0.3) is 0 Å². The first-order chi connectivity index (χ1) is 13.3. The van der Waals surface area contributed by atoms with Gasteiger partial charge >= 0.3 is 0 Å². The molecule has 4 heteroatoms. The highest BCUT2D eigenvalue weighted by atomic mass is 32.2. The van der Waals surface area contributed by atoms with Gasteiger partial charge in [0.1, 0.15) is 0 Å². The van der Waals surface area contributed by atoms with Crippen LogP contribution in [0.25, 0.3) is 0 Å². The van der Waals surface area contributed by atoms with Gasteiger partial charge in [-0.25, -0.2) is 0 Å². The van der Waals surface area contributed by atoms with Crippen LogP contribution in [0.4, 0.5) is 0 Å². The van der Waals surface area contributed by atoms with Crippen LogP contribution in [0.5, 0.6) is 0 Å². The van der Waals surface area contributed by atoms with Gasteiger partial charge < -0.3 is 10.2 Å². The molecule has 3 rings (SSSR count). The Morgan fingerprint density at radius 2 is 1.11 bits per heavy atom. The highest BCUT2D eigenvalue weighted by Crippen LogP contribution is 2.33. The molecule has 0 aliphatic rings. The number of hydrogen-bond acceptors (Lipinski definition) is 3. The van der Waals surface area contributed by atoms with Crippen molar-refractivity contribution in [3.05, 3.63) is 90.5 Å². The van der Waals surface area contributed by atoms with E-state index in [0.29, 0.717) is 19.6 Å². The van der Waals surface area contributed by atoms with Gasteiger partial charge in [0.2, 0.25) is 0 Å². The topological polar surface area (TPSA) is 43.7 Å². The Balaban J connectivity index is 2.03. The van der Waals surface area contributed by atoms with E-state index in [0.717, 1.165) is 0 Å². The van der Waals surface area contributed by atoms with Crippen molar-refractivity contribution in [2.45, 2.75) is 21.2 Å². The maximum absolute atomic E-state index is 9.35. The SMILES string of the molecule is OCCN(CCO)Cc1ccccc1[S+](c1ccccc1)c1ccccc1. The second-order valence-electron chi connectivity index (χ2n) is 6.26. The van der Waals surface area contributed by atoms with Gasteiger partial charge in [-0.3, -0.25) is 4.90 Å². The lowest BCUT2D eigenvalue weighted by molar-refractivity contribution is 0.155. The van der Waals surface area contributed by atoms with Crippen molar-refractivity contribution in [1.82, 2.24) is 4.90 Å². The van der Waals surface area contributed by atoms with Crippen molar-refractivity contribution in [3.8, 4) is 0 Å². The Morgan fingerprint density at radius 3 is 1.63 bits per heavy atom. The van der Waals surface area contributed by atoms with E-state index in [1.807, 2.05) is 12.1 Å². The number of hydrogen-bond donors (Lipinski definition) is 2. The van der Waals surface area contributed by atoms with Crippen LogP contribution in [-0.4, -0.2) is 41.4 Å². The molecule has 0 unspecified atom stereocenters. The molecule has 3 nitrogen and oxygen atoms in total. The second kappa shape index (κ2) is 10.3. The Bertz CT molecular complexity index is 765. The fraction of sp³-hybridized carbons (Fsp3) is 0.217. The molecular weight excluding hydrogens is 354 g/mol. The van der Waals surface area contributed by atoms with Crippen LogP contribution < -0.4 is 0 Å². The standard InChI is InChI=1S/C23H26NO2S/c25-17-15-24(16-18-26)19-20-9-7-8-14-23(20)27(21-10-3-1-4-11-21)22-12-5-2-6-13-22/h1-14,25-26H,15-19H2/q+1. The normalized spacial score (nSPS) is 11.3. The van der Waals surface area contributed by atoms with Crippen LogP contribution in [0.15, 0.2) is 99.6 Å². The van der Waals surface area contributed by atoms with Crippen molar-refractivity contribution in [1.29, 1.82) is 0 Å². The third-order valence-electron chi connectivity index (χ3n) is 4.38. The van der Waals surface area contributed by atoms with Crippen molar-refractivity contribution in [3.63, 3.8) is 0 Å². The Labute approximate surface area is 164 Å². The summed E-state index contributed by atoms with van der Waals surface area (Å²) in [4.78, 5) is 5.95. The minimum absolute atomic E-state index is 0.0885. The largest absolute Gasteiger partial charge is 0.395 e. The van der Waals surface area contributed by atoms with Gasteiger partial charge in [-0.05, 0) is 30.3 Å².